The number of hydrogen-bond acceptors (Lipinski definition) is 11. The van der Waals surface area contributed by atoms with E-state index in [1.54, 1.807) is 25.7 Å². The minimum atomic E-state index is -1.65. The zero-order valence-corrected chi connectivity index (χ0v) is 28.7. The molecule has 2 saturated heterocycles. The van der Waals surface area contributed by atoms with Crippen LogP contribution in [-0.2, 0) is 31.0 Å². The molecule has 0 unspecified atom stereocenters. The number of nitrogens with zero attached hydrogens (tertiary/aromatic N) is 5. The normalized spacial score (nSPS) is 19.1. The van der Waals surface area contributed by atoms with Crippen molar-refractivity contribution < 1.29 is 48.0 Å². The van der Waals surface area contributed by atoms with Crippen LogP contribution in [0.3, 0.4) is 0 Å². The smallest absolute Gasteiger partial charge is 0.477 e. The summed E-state index contributed by atoms with van der Waals surface area (Å²) in [5.41, 5.74) is -1.64. The van der Waals surface area contributed by atoms with Crippen molar-refractivity contribution in [2.75, 3.05) is 37.7 Å². The Kier molecular flexibility index (Phi) is 9.45. The Balaban J connectivity index is 1.10. The number of pyridine rings is 2. The molecule has 2 atom stereocenters. The molecule has 3 aliphatic rings. The number of anilines is 1. The van der Waals surface area contributed by atoms with Gasteiger partial charge in [0.05, 0.1) is 17.8 Å². The maximum Gasteiger partial charge on any atom is 0.512 e. The zero-order chi connectivity index (χ0) is 36.8. The average molecular weight is 727 g/mol. The molecule has 3 aromatic heterocycles. The van der Waals surface area contributed by atoms with Crippen LogP contribution in [0.5, 0.6) is 0 Å². The molecule has 3 amide bonds. The van der Waals surface area contributed by atoms with Gasteiger partial charge >= 0.3 is 18.2 Å². The number of hydrogen-bond donors (Lipinski definition) is 3. The molecule has 3 aromatic rings. The third kappa shape index (κ3) is 6.95. The summed E-state index contributed by atoms with van der Waals surface area (Å²) in [6.07, 6.45) is -0.441. The van der Waals surface area contributed by atoms with Gasteiger partial charge in [-0.2, -0.15) is 0 Å². The molecule has 0 radical (unpaired) electrons. The monoisotopic (exact) mass is 726 g/mol. The Morgan fingerprint density at radius 3 is 2.47 bits per heavy atom. The van der Waals surface area contributed by atoms with Crippen molar-refractivity contribution in [2.45, 2.75) is 57.7 Å². The van der Waals surface area contributed by atoms with E-state index in [4.69, 9.17) is 9.47 Å². The van der Waals surface area contributed by atoms with E-state index in [1.165, 1.54) is 31.9 Å². The molecule has 2 fully saturated rings. The average Bonchev–Trinajstić information content (AvgIpc) is 3.58. The summed E-state index contributed by atoms with van der Waals surface area (Å²) < 4.78 is 27.4. The maximum absolute atomic E-state index is 15.4. The van der Waals surface area contributed by atoms with Crippen molar-refractivity contribution in [3.05, 3.63) is 67.7 Å². The van der Waals surface area contributed by atoms with Crippen molar-refractivity contribution in [1.29, 1.82) is 0 Å². The number of aromatic nitrogens is 2. The van der Waals surface area contributed by atoms with Crippen LogP contribution < -0.4 is 15.6 Å². The van der Waals surface area contributed by atoms with Gasteiger partial charge < -0.3 is 39.4 Å². The first-order valence-corrected chi connectivity index (χ1v) is 17.0. The van der Waals surface area contributed by atoms with Crippen molar-refractivity contribution >= 4 is 58.2 Å². The molecule has 6 heterocycles. The largest absolute Gasteiger partial charge is 0.512 e. The first kappa shape index (κ1) is 35.3. The molecule has 270 valence electrons. The van der Waals surface area contributed by atoms with Crippen LogP contribution >= 0.6 is 11.3 Å². The van der Waals surface area contributed by atoms with Gasteiger partial charge in [0.15, 0.2) is 11.6 Å². The van der Waals surface area contributed by atoms with Crippen molar-refractivity contribution in [3.8, 4) is 0 Å². The number of carboxylic acids is 1. The van der Waals surface area contributed by atoms with Gasteiger partial charge in [-0.25, -0.2) is 23.8 Å². The summed E-state index contributed by atoms with van der Waals surface area (Å²) in [5, 5.41) is 23.3. The molecule has 0 aliphatic carbocycles. The van der Waals surface area contributed by atoms with Crippen LogP contribution in [0.1, 0.15) is 48.8 Å². The van der Waals surface area contributed by atoms with Gasteiger partial charge in [-0.3, -0.25) is 19.3 Å². The minimum Gasteiger partial charge on any atom is -0.477 e. The van der Waals surface area contributed by atoms with Crippen molar-refractivity contribution in [2.24, 2.45) is 0 Å². The Morgan fingerprint density at radius 2 is 1.84 bits per heavy atom. The number of aromatic carboxylic acids is 1. The number of amides is 3. The third-order valence-corrected chi connectivity index (χ3v) is 9.85. The predicted octanol–water partition coefficient (Wildman–Crippen LogP) is 2.95. The molecule has 3 aliphatic heterocycles. The second kappa shape index (κ2) is 13.7. The number of ether oxygens (including phenoxy) is 2. The SMILES string of the molecule is CC(C)(C)n1cc(C(=O)O)c(=O)c2cc(F)c(N3CCN(C(=O)OCC4=C(OC(=O)O)N5C(=O)[C@@H](NC(=O)Cc6cccs6)[C@H]5CC4)CC3)nc21. The summed E-state index contributed by atoms with van der Waals surface area (Å²) in [4.78, 5) is 84.2. The third-order valence-electron chi connectivity index (χ3n) is 8.97. The van der Waals surface area contributed by atoms with Gasteiger partial charge in [-0.05, 0) is 51.1 Å². The zero-order valence-electron chi connectivity index (χ0n) is 27.9. The standard InChI is InChI=1S/C33H35FN6O10S/c1-33(2,3)39-15-20(30(44)45)25(42)19-14-21(34)27(36-26(19)39)37-8-10-38(11-9-37)31(46)49-16-17-6-7-22-24(28(43)40(22)29(17)50-32(47)48)35-23(41)13-18-5-4-12-51-18/h4-5,12,14-15,22,24H,6-11,13,16H2,1-3H3,(H,35,41)(H,44,45)(H,47,48)/t22-,24+/m1/s1. The van der Waals surface area contributed by atoms with Gasteiger partial charge in [0.25, 0.3) is 5.91 Å². The summed E-state index contributed by atoms with van der Waals surface area (Å²) in [6, 6.07) is 3.26. The lowest BCUT2D eigenvalue weighted by Gasteiger charge is -2.49. The fraction of sp³-hybridized carbons (Fsp3) is 0.424. The highest BCUT2D eigenvalue weighted by molar-refractivity contribution is 7.10. The molecular weight excluding hydrogens is 691 g/mol. The van der Waals surface area contributed by atoms with E-state index in [0.29, 0.717) is 6.42 Å². The lowest BCUT2D eigenvalue weighted by atomic mass is 9.85. The number of carbonyl (C=O) groups excluding carboxylic acids is 3. The van der Waals surface area contributed by atoms with E-state index in [1.807, 2.05) is 17.5 Å². The Labute approximate surface area is 293 Å². The topological polar surface area (TPSA) is 201 Å². The van der Waals surface area contributed by atoms with Crippen LogP contribution in [0.2, 0.25) is 0 Å². The van der Waals surface area contributed by atoms with Gasteiger partial charge in [0.1, 0.15) is 23.9 Å². The number of nitrogens with one attached hydrogen (secondary N) is 1. The highest BCUT2D eigenvalue weighted by Gasteiger charge is 2.53. The molecular formula is C33H35FN6O10S. The van der Waals surface area contributed by atoms with Crippen molar-refractivity contribution in [1.82, 2.24) is 24.7 Å². The number of β-lactam (4-membered cyclic amide) rings is 1. The second-order valence-corrected chi connectivity index (χ2v) is 14.3. The number of carboxylic acid groups (broad SMARTS) is 2. The van der Waals surface area contributed by atoms with E-state index in [9.17, 15) is 39.0 Å². The summed E-state index contributed by atoms with van der Waals surface area (Å²) in [7, 11) is 0. The Bertz CT molecular complexity index is 2020. The lowest BCUT2D eigenvalue weighted by Crippen LogP contribution is -2.71. The fourth-order valence-electron chi connectivity index (χ4n) is 6.42. The van der Waals surface area contributed by atoms with Crippen LogP contribution in [0.25, 0.3) is 11.0 Å². The van der Waals surface area contributed by atoms with Crippen LogP contribution in [-0.4, -0.2) is 104 Å². The highest BCUT2D eigenvalue weighted by atomic mass is 32.1. The van der Waals surface area contributed by atoms with Gasteiger partial charge in [0, 0.05) is 48.4 Å². The Morgan fingerprint density at radius 1 is 1.12 bits per heavy atom. The molecule has 0 aromatic carbocycles. The Hall–Kier alpha value is -5.52. The summed E-state index contributed by atoms with van der Waals surface area (Å²) in [5.74, 6) is -3.43. The number of carbonyl (C=O) groups is 5. The number of rotatable bonds is 8. The van der Waals surface area contributed by atoms with Crippen molar-refractivity contribution in [3.63, 3.8) is 0 Å². The van der Waals surface area contributed by atoms with Crippen LogP contribution in [0.4, 0.5) is 19.8 Å². The van der Waals surface area contributed by atoms with E-state index >= 15 is 4.39 Å². The van der Waals surface area contributed by atoms with Gasteiger partial charge in [-0.1, -0.05) is 6.07 Å². The fourth-order valence-corrected chi connectivity index (χ4v) is 7.13. The molecule has 3 N–H and O–H groups in total. The number of thiophene rings is 1. The highest BCUT2D eigenvalue weighted by Crippen LogP contribution is 2.37. The van der Waals surface area contributed by atoms with E-state index in [-0.39, 0.29) is 79.8 Å². The van der Waals surface area contributed by atoms with E-state index in [0.717, 1.165) is 10.9 Å². The predicted molar refractivity (Wildman–Crippen MR) is 179 cm³/mol. The first-order valence-electron chi connectivity index (χ1n) is 16.1. The van der Waals surface area contributed by atoms with E-state index in [2.05, 4.69) is 10.3 Å². The number of fused-ring (bicyclic) bond motifs is 2. The molecule has 0 bridgehead atoms. The molecule has 0 saturated carbocycles. The molecule has 18 heteroatoms. The summed E-state index contributed by atoms with van der Waals surface area (Å²) >= 11 is 1.42. The minimum absolute atomic E-state index is 0.0615. The molecule has 6 rings (SSSR count). The molecule has 16 nitrogen and oxygen atoms in total. The van der Waals surface area contributed by atoms with E-state index < -0.39 is 58.6 Å². The maximum atomic E-state index is 15.4. The summed E-state index contributed by atoms with van der Waals surface area (Å²) in [6.45, 7) is 5.55. The number of halogens is 1. The lowest BCUT2D eigenvalue weighted by molar-refractivity contribution is -0.155. The first-order chi connectivity index (χ1) is 24.1. The van der Waals surface area contributed by atoms with Crippen LogP contribution in [0, 0.1) is 5.82 Å². The van der Waals surface area contributed by atoms with Crippen LogP contribution in [0.15, 0.2) is 46.0 Å². The van der Waals surface area contributed by atoms with Gasteiger partial charge in [-0.15, -0.1) is 11.3 Å². The van der Waals surface area contributed by atoms with Gasteiger partial charge in [0.2, 0.25) is 17.2 Å². The second-order valence-electron chi connectivity index (χ2n) is 13.3. The quantitative estimate of drug-likeness (QED) is 0.227. The molecule has 0 spiro atoms. The number of piperazine rings is 1. The molecule has 51 heavy (non-hydrogen) atoms.